The zero-order valence-electron chi connectivity index (χ0n) is 14.1. The standard InChI is InChI=1S/C20H25NO2/c1-15(2)18-10-8-17(9-11-18)12-13-21-20(22)14-23-19-7-5-4-6-16(19)3/h4-11,15H,12-14H2,1-3H3,(H,21,22). The van der Waals surface area contributed by atoms with Crippen molar-refractivity contribution in [3.63, 3.8) is 0 Å². The normalized spacial score (nSPS) is 10.6. The molecule has 23 heavy (non-hydrogen) atoms. The Kier molecular flexibility index (Phi) is 6.21. The number of rotatable bonds is 7. The molecule has 0 radical (unpaired) electrons. The second-order valence-electron chi connectivity index (χ2n) is 6.05. The fourth-order valence-electron chi connectivity index (χ4n) is 2.33. The number of benzene rings is 2. The molecule has 0 unspecified atom stereocenters. The molecule has 0 atom stereocenters. The first-order valence-corrected chi connectivity index (χ1v) is 8.10. The van der Waals surface area contributed by atoms with Crippen LogP contribution in [0.15, 0.2) is 48.5 Å². The molecule has 0 spiro atoms. The van der Waals surface area contributed by atoms with Gasteiger partial charge in [0.15, 0.2) is 6.61 Å². The van der Waals surface area contributed by atoms with E-state index in [0.717, 1.165) is 17.7 Å². The molecule has 2 rings (SSSR count). The highest BCUT2D eigenvalue weighted by atomic mass is 16.5. The minimum absolute atomic E-state index is 0.0527. The summed E-state index contributed by atoms with van der Waals surface area (Å²) in [4.78, 5) is 11.8. The topological polar surface area (TPSA) is 38.3 Å². The van der Waals surface area contributed by atoms with Crippen LogP contribution in [0.25, 0.3) is 0 Å². The SMILES string of the molecule is Cc1ccccc1OCC(=O)NCCc1ccc(C(C)C)cc1. The van der Waals surface area contributed by atoms with Crippen molar-refractivity contribution in [2.24, 2.45) is 0 Å². The van der Waals surface area contributed by atoms with Gasteiger partial charge in [0.25, 0.3) is 5.91 Å². The van der Waals surface area contributed by atoms with Gasteiger partial charge in [0, 0.05) is 6.54 Å². The molecule has 3 heteroatoms. The van der Waals surface area contributed by atoms with E-state index in [1.165, 1.54) is 11.1 Å². The summed E-state index contributed by atoms with van der Waals surface area (Å²) < 4.78 is 5.53. The smallest absolute Gasteiger partial charge is 0.257 e. The van der Waals surface area contributed by atoms with E-state index in [4.69, 9.17) is 4.74 Å². The summed E-state index contributed by atoms with van der Waals surface area (Å²) in [6.07, 6.45) is 0.828. The zero-order valence-corrected chi connectivity index (χ0v) is 14.1. The lowest BCUT2D eigenvalue weighted by Crippen LogP contribution is -2.30. The average Bonchev–Trinajstić information content (AvgIpc) is 2.54. The number of nitrogens with one attached hydrogen (secondary N) is 1. The van der Waals surface area contributed by atoms with Crippen molar-refractivity contribution in [1.29, 1.82) is 0 Å². The summed E-state index contributed by atoms with van der Waals surface area (Å²) in [7, 11) is 0. The first kappa shape index (κ1) is 17.1. The van der Waals surface area contributed by atoms with Crippen LogP contribution < -0.4 is 10.1 Å². The van der Waals surface area contributed by atoms with Crippen LogP contribution in [-0.4, -0.2) is 19.1 Å². The van der Waals surface area contributed by atoms with Gasteiger partial charge in [-0.2, -0.15) is 0 Å². The van der Waals surface area contributed by atoms with Crippen molar-refractivity contribution >= 4 is 5.91 Å². The van der Waals surface area contributed by atoms with Crippen LogP contribution >= 0.6 is 0 Å². The van der Waals surface area contributed by atoms with E-state index in [2.05, 4.69) is 43.4 Å². The third-order valence-electron chi connectivity index (χ3n) is 3.83. The molecule has 0 aliphatic carbocycles. The van der Waals surface area contributed by atoms with Crippen LogP contribution in [0.1, 0.15) is 36.5 Å². The van der Waals surface area contributed by atoms with Gasteiger partial charge < -0.3 is 10.1 Å². The lowest BCUT2D eigenvalue weighted by atomic mass is 10.0. The van der Waals surface area contributed by atoms with Gasteiger partial charge in [0.05, 0.1) is 0 Å². The maximum absolute atomic E-state index is 11.8. The highest BCUT2D eigenvalue weighted by Gasteiger charge is 2.04. The Bertz CT molecular complexity index is 632. The number of carbonyl (C=O) groups excluding carboxylic acids is 1. The fourth-order valence-corrected chi connectivity index (χ4v) is 2.33. The molecule has 0 heterocycles. The van der Waals surface area contributed by atoms with Crippen molar-refractivity contribution in [3.8, 4) is 5.75 Å². The number of aryl methyl sites for hydroxylation is 1. The fraction of sp³-hybridized carbons (Fsp3) is 0.350. The molecule has 122 valence electrons. The van der Waals surface area contributed by atoms with Crippen molar-refractivity contribution in [2.45, 2.75) is 33.1 Å². The molecule has 1 amide bonds. The van der Waals surface area contributed by atoms with Crippen molar-refractivity contribution in [2.75, 3.05) is 13.2 Å². The van der Waals surface area contributed by atoms with Gasteiger partial charge in [-0.3, -0.25) is 4.79 Å². The van der Waals surface area contributed by atoms with Crippen LogP contribution in [0.4, 0.5) is 0 Å². The number of ether oxygens (including phenoxy) is 1. The van der Waals surface area contributed by atoms with Gasteiger partial charge in [0.2, 0.25) is 0 Å². The average molecular weight is 311 g/mol. The van der Waals surface area contributed by atoms with Gasteiger partial charge in [0.1, 0.15) is 5.75 Å². The van der Waals surface area contributed by atoms with Gasteiger partial charge in [-0.15, -0.1) is 0 Å². The lowest BCUT2D eigenvalue weighted by molar-refractivity contribution is -0.123. The summed E-state index contributed by atoms with van der Waals surface area (Å²) in [5.74, 6) is 1.21. The maximum Gasteiger partial charge on any atom is 0.257 e. The molecule has 0 bridgehead atoms. The van der Waals surface area contributed by atoms with E-state index in [0.29, 0.717) is 12.5 Å². The summed E-state index contributed by atoms with van der Waals surface area (Å²) in [5, 5.41) is 2.89. The van der Waals surface area contributed by atoms with Crippen LogP contribution in [0.2, 0.25) is 0 Å². The molecule has 0 aliphatic heterocycles. The molecule has 0 saturated heterocycles. The molecule has 2 aromatic rings. The Morgan fingerprint density at radius 3 is 2.43 bits per heavy atom. The third-order valence-corrected chi connectivity index (χ3v) is 3.83. The zero-order chi connectivity index (χ0) is 16.7. The Labute approximate surface area is 138 Å². The summed E-state index contributed by atoms with van der Waals surface area (Å²) in [6, 6.07) is 16.3. The molecular formula is C20H25NO2. The van der Waals surface area contributed by atoms with Gasteiger partial charge in [-0.1, -0.05) is 56.3 Å². The molecule has 0 aliphatic rings. The predicted molar refractivity (Wildman–Crippen MR) is 93.9 cm³/mol. The van der Waals surface area contributed by atoms with E-state index >= 15 is 0 Å². The highest BCUT2D eigenvalue weighted by Crippen LogP contribution is 2.16. The van der Waals surface area contributed by atoms with Crippen molar-refractivity contribution in [3.05, 3.63) is 65.2 Å². The van der Waals surface area contributed by atoms with E-state index in [1.807, 2.05) is 31.2 Å². The molecule has 3 nitrogen and oxygen atoms in total. The Balaban J connectivity index is 1.71. The van der Waals surface area contributed by atoms with Crippen LogP contribution in [0.5, 0.6) is 5.75 Å². The number of carbonyl (C=O) groups is 1. The minimum atomic E-state index is -0.0907. The molecule has 0 aromatic heterocycles. The summed E-state index contributed by atoms with van der Waals surface area (Å²) in [5.41, 5.74) is 3.60. The quantitative estimate of drug-likeness (QED) is 0.843. The second-order valence-corrected chi connectivity index (χ2v) is 6.05. The Hall–Kier alpha value is -2.29. The maximum atomic E-state index is 11.8. The van der Waals surface area contributed by atoms with E-state index in [9.17, 15) is 4.79 Å². The van der Waals surface area contributed by atoms with Crippen LogP contribution in [0, 0.1) is 6.92 Å². The van der Waals surface area contributed by atoms with Crippen LogP contribution in [-0.2, 0) is 11.2 Å². The first-order chi connectivity index (χ1) is 11.1. The third kappa shape index (κ3) is 5.44. The Morgan fingerprint density at radius 2 is 1.78 bits per heavy atom. The van der Waals surface area contributed by atoms with E-state index < -0.39 is 0 Å². The highest BCUT2D eigenvalue weighted by molar-refractivity contribution is 5.77. The van der Waals surface area contributed by atoms with Gasteiger partial charge >= 0.3 is 0 Å². The number of amides is 1. The molecular weight excluding hydrogens is 286 g/mol. The minimum Gasteiger partial charge on any atom is -0.484 e. The number of para-hydroxylation sites is 1. The lowest BCUT2D eigenvalue weighted by Gasteiger charge is -2.10. The van der Waals surface area contributed by atoms with Crippen molar-refractivity contribution in [1.82, 2.24) is 5.32 Å². The summed E-state index contributed by atoms with van der Waals surface area (Å²) >= 11 is 0. The first-order valence-electron chi connectivity index (χ1n) is 8.10. The van der Waals surface area contributed by atoms with E-state index in [1.54, 1.807) is 0 Å². The predicted octanol–water partition coefficient (Wildman–Crippen LogP) is 3.86. The largest absolute Gasteiger partial charge is 0.484 e. The summed E-state index contributed by atoms with van der Waals surface area (Å²) in [6.45, 7) is 7.01. The van der Waals surface area contributed by atoms with Crippen molar-refractivity contribution < 1.29 is 9.53 Å². The van der Waals surface area contributed by atoms with Gasteiger partial charge in [-0.05, 0) is 42.0 Å². The van der Waals surface area contributed by atoms with E-state index in [-0.39, 0.29) is 12.5 Å². The van der Waals surface area contributed by atoms with Crippen LogP contribution in [0.3, 0.4) is 0 Å². The second kappa shape index (κ2) is 8.37. The Morgan fingerprint density at radius 1 is 1.09 bits per heavy atom. The monoisotopic (exact) mass is 311 g/mol. The number of hydrogen-bond donors (Lipinski definition) is 1. The molecule has 1 N–H and O–H groups in total. The molecule has 2 aromatic carbocycles. The number of hydrogen-bond acceptors (Lipinski definition) is 2. The molecule has 0 saturated carbocycles. The van der Waals surface area contributed by atoms with Gasteiger partial charge in [-0.25, -0.2) is 0 Å². The molecule has 0 fully saturated rings.